The second kappa shape index (κ2) is 8.33. The lowest BCUT2D eigenvalue weighted by molar-refractivity contribution is 0.0764. The molecule has 0 unspecified atom stereocenters. The van der Waals surface area contributed by atoms with Gasteiger partial charge in [0.15, 0.2) is 0 Å². The first kappa shape index (κ1) is 21.2. The highest BCUT2D eigenvalue weighted by Crippen LogP contribution is 2.31. The van der Waals surface area contributed by atoms with Gasteiger partial charge in [0.05, 0.1) is 11.0 Å². The standard InChI is InChI=1S/C25H17F2N5O2/c1-15-21(18(14-28)24(34-15)31-12-4-5-13-31)23(33)29-17-10-8-16(9-11-17)22-30-19-6-2-3-7-20(19)32(22)25(26)27/h2-13,25H,1H3,(H,29,33). The van der Waals surface area contributed by atoms with Crippen molar-refractivity contribution in [2.75, 3.05) is 5.32 Å². The van der Waals surface area contributed by atoms with Crippen LogP contribution in [-0.4, -0.2) is 20.0 Å². The number of halogens is 2. The summed E-state index contributed by atoms with van der Waals surface area (Å²) in [5.41, 5.74) is 1.96. The predicted octanol–water partition coefficient (Wildman–Crippen LogP) is 5.91. The average molecular weight is 457 g/mol. The van der Waals surface area contributed by atoms with Crippen LogP contribution in [0.25, 0.3) is 28.3 Å². The Balaban J connectivity index is 1.44. The van der Waals surface area contributed by atoms with Crippen LogP contribution in [0.3, 0.4) is 0 Å². The molecule has 5 aromatic rings. The molecule has 9 heteroatoms. The van der Waals surface area contributed by atoms with Crippen LogP contribution < -0.4 is 5.32 Å². The summed E-state index contributed by atoms with van der Waals surface area (Å²) in [6, 6.07) is 18.7. The van der Waals surface area contributed by atoms with Crippen molar-refractivity contribution in [1.29, 1.82) is 5.26 Å². The SMILES string of the molecule is Cc1oc(-n2cccc2)c(C#N)c1C(=O)Nc1ccc(-c2nc3ccccc3n2C(F)F)cc1. The molecule has 3 aromatic heterocycles. The molecule has 5 rings (SSSR count). The number of aromatic nitrogens is 3. The summed E-state index contributed by atoms with van der Waals surface area (Å²) in [4.78, 5) is 17.3. The summed E-state index contributed by atoms with van der Waals surface area (Å²) in [7, 11) is 0. The number of furan rings is 1. The monoisotopic (exact) mass is 457 g/mol. The molecule has 168 valence electrons. The molecule has 0 atom stereocenters. The van der Waals surface area contributed by atoms with Gasteiger partial charge in [0.1, 0.15) is 28.8 Å². The molecule has 1 amide bonds. The number of benzene rings is 2. The summed E-state index contributed by atoms with van der Waals surface area (Å²) in [5, 5.41) is 12.4. The summed E-state index contributed by atoms with van der Waals surface area (Å²) in [5.74, 6) is 0.183. The van der Waals surface area contributed by atoms with E-state index in [1.165, 1.54) is 0 Å². The molecule has 0 aliphatic heterocycles. The minimum Gasteiger partial charge on any atom is -0.443 e. The van der Waals surface area contributed by atoms with Crippen molar-refractivity contribution in [3.63, 3.8) is 0 Å². The van der Waals surface area contributed by atoms with Gasteiger partial charge in [0, 0.05) is 23.6 Å². The first-order valence-electron chi connectivity index (χ1n) is 10.3. The number of imidazole rings is 1. The lowest BCUT2D eigenvalue weighted by atomic mass is 10.1. The second-order valence-electron chi connectivity index (χ2n) is 7.52. The van der Waals surface area contributed by atoms with Gasteiger partial charge < -0.3 is 9.73 Å². The lowest BCUT2D eigenvalue weighted by Gasteiger charge is -2.09. The highest BCUT2D eigenvalue weighted by molar-refractivity contribution is 6.07. The van der Waals surface area contributed by atoms with Crippen LogP contribution >= 0.6 is 0 Å². The van der Waals surface area contributed by atoms with Gasteiger partial charge >= 0.3 is 6.55 Å². The minimum absolute atomic E-state index is 0.119. The Kier molecular flexibility index (Phi) is 5.18. The molecule has 3 heterocycles. The van der Waals surface area contributed by atoms with Crippen LogP contribution in [0, 0.1) is 18.3 Å². The van der Waals surface area contributed by atoms with Gasteiger partial charge in [-0.2, -0.15) is 14.0 Å². The molecule has 0 radical (unpaired) electrons. The molecule has 0 spiro atoms. The molecule has 0 bridgehead atoms. The van der Waals surface area contributed by atoms with Crippen molar-refractivity contribution < 1.29 is 18.0 Å². The molecule has 1 N–H and O–H groups in total. The average Bonchev–Trinajstić information content (AvgIpc) is 3.56. The number of rotatable bonds is 5. The number of nitriles is 1. The Hall–Kier alpha value is -4.71. The van der Waals surface area contributed by atoms with Gasteiger partial charge in [-0.1, -0.05) is 12.1 Å². The number of fused-ring (bicyclic) bond motifs is 1. The number of amides is 1. The third-order valence-corrected chi connectivity index (χ3v) is 5.44. The van der Waals surface area contributed by atoms with Gasteiger partial charge in [-0.25, -0.2) is 4.98 Å². The maximum Gasteiger partial charge on any atom is 0.320 e. The number of nitrogens with one attached hydrogen (secondary N) is 1. The van der Waals surface area contributed by atoms with E-state index in [0.717, 1.165) is 4.57 Å². The number of carbonyl (C=O) groups excluding carboxylic acids is 1. The molecule has 2 aromatic carbocycles. The van der Waals surface area contributed by atoms with E-state index >= 15 is 0 Å². The van der Waals surface area contributed by atoms with Crippen molar-refractivity contribution in [1.82, 2.24) is 14.1 Å². The minimum atomic E-state index is -2.76. The first-order chi connectivity index (χ1) is 16.5. The summed E-state index contributed by atoms with van der Waals surface area (Å²) >= 11 is 0. The Morgan fingerprint density at radius 1 is 1.09 bits per heavy atom. The van der Waals surface area contributed by atoms with E-state index in [1.54, 1.807) is 84.5 Å². The van der Waals surface area contributed by atoms with E-state index in [2.05, 4.69) is 10.3 Å². The van der Waals surface area contributed by atoms with Crippen LogP contribution in [0.2, 0.25) is 0 Å². The van der Waals surface area contributed by atoms with Crippen molar-refractivity contribution in [2.45, 2.75) is 13.5 Å². The zero-order valence-corrected chi connectivity index (χ0v) is 17.9. The molecular formula is C25H17F2N5O2. The van der Waals surface area contributed by atoms with Crippen LogP contribution in [0.5, 0.6) is 0 Å². The quantitative estimate of drug-likeness (QED) is 0.355. The van der Waals surface area contributed by atoms with E-state index in [4.69, 9.17) is 4.42 Å². The summed E-state index contributed by atoms with van der Waals surface area (Å²) in [6.45, 7) is -1.15. The molecular weight excluding hydrogens is 440 g/mol. The maximum absolute atomic E-state index is 13.8. The van der Waals surface area contributed by atoms with Gasteiger partial charge in [-0.05, 0) is 55.5 Å². The number of anilines is 1. The van der Waals surface area contributed by atoms with Crippen LogP contribution in [0.4, 0.5) is 14.5 Å². The largest absolute Gasteiger partial charge is 0.443 e. The van der Waals surface area contributed by atoms with Crippen molar-refractivity contribution in [3.8, 4) is 23.3 Å². The van der Waals surface area contributed by atoms with E-state index in [9.17, 15) is 18.8 Å². The third kappa shape index (κ3) is 3.51. The Labute approximate surface area is 192 Å². The van der Waals surface area contributed by atoms with Crippen LogP contribution in [-0.2, 0) is 0 Å². The predicted molar refractivity (Wildman–Crippen MR) is 122 cm³/mol. The Bertz CT molecular complexity index is 1540. The van der Waals surface area contributed by atoms with E-state index < -0.39 is 12.5 Å². The van der Waals surface area contributed by atoms with Gasteiger partial charge in [-0.15, -0.1) is 0 Å². The topological polar surface area (TPSA) is 88.8 Å². The molecule has 0 aliphatic carbocycles. The number of hydrogen-bond donors (Lipinski definition) is 1. The molecule has 0 fully saturated rings. The first-order valence-corrected chi connectivity index (χ1v) is 10.3. The molecule has 0 saturated carbocycles. The second-order valence-corrected chi connectivity index (χ2v) is 7.52. The summed E-state index contributed by atoms with van der Waals surface area (Å²) in [6.07, 6.45) is 3.43. The van der Waals surface area contributed by atoms with Crippen molar-refractivity contribution in [2.24, 2.45) is 0 Å². The fraction of sp³-hybridized carbons (Fsp3) is 0.0800. The summed E-state index contributed by atoms with van der Waals surface area (Å²) < 4.78 is 35.7. The maximum atomic E-state index is 13.8. The zero-order valence-electron chi connectivity index (χ0n) is 17.9. The lowest BCUT2D eigenvalue weighted by Crippen LogP contribution is -2.14. The Morgan fingerprint density at radius 3 is 2.47 bits per heavy atom. The fourth-order valence-corrected chi connectivity index (χ4v) is 3.90. The highest BCUT2D eigenvalue weighted by atomic mass is 19.3. The van der Waals surface area contributed by atoms with Gasteiger partial charge in [-0.3, -0.25) is 13.9 Å². The molecule has 34 heavy (non-hydrogen) atoms. The number of alkyl halides is 2. The highest BCUT2D eigenvalue weighted by Gasteiger charge is 2.25. The van der Waals surface area contributed by atoms with Gasteiger partial charge in [0.2, 0.25) is 5.88 Å². The Morgan fingerprint density at radius 2 is 1.79 bits per heavy atom. The smallest absolute Gasteiger partial charge is 0.320 e. The number of para-hydroxylation sites is 2. The van der Waals surface area contributed by atoms with Crippen molar-refractivity contribution in [3.05, 3.63) is 89.9 Å². The molecule has 7 nitrogen and oxygen atoms in total. The normalized spacial score (nSPS) is 11.1. The number of carbonyl (C=O) groups is 1. The molecule has 0 aliphatic rings. The number of hydrogen-bond acceptors (Lipinski definition) is 4. The van der Waals surface area contributed by atoms with E-state index in [1.807, 2.05) is 6.07 Å². The van der Waals surface area contributed by atoms with E-state index in [0.29, 0.717) is 28.0 Å². The van der Waals surface area contributed by atoms with Gasteiger partial charge in [0.25, 0.3) is 5.91 Å². The fourth-order valence-electron chi connectivity index (χ4n) is 3.90. The van der Waals surface area contributed by atoms with Crippen molar-refractivity contribution >= 4 is 22.6 Å². The zero-order chi connectivity index (χ0) is 23.8. The third-order valence-electron chi connectivity index (χ3n) is 5.44. The molecule has 0 saturated heterocycles. The van der Waals surface area contributed by atoms with E-state index in [-0.39, 0.29) is 22.8 Å². The van der Waals surface area contributed by atoms with Crippen LogP contribution in [0.15, 0.2) is 77.5 Å². The number of aryl methyl sites for hydroxylation is 1. The number of nitrogens with zero attached hydrogens (tertiary/aromatic N) is 4. The van der Waals surface area contributed by atoms with Crippen LogP contribution in [0.1, 0.15) is 28.2 Å².